The number of hydrogen-bond donors (Lipinski definition) is 1. The summed E-state index contributed by atoms with van der Waals surface area (Å²) in [5.41, 5.74) is -0.716. The number of rotatable bonds is 3. The Balaban J connectivity index is 2.99. The molecule has 1 heterocycles. The predicted octanol–water partition coefficient (Wildman–Crippen LogP) is 0.912. The normalized spacial score (nSPS) is 20.7. The maximum atomic E-state index is 11.8. The molecule has 86 valence electrons. The van der Waals surface area contributed by atoms with Crippen LogP contribution in [0.15, 0.2) is 0 Å². The first kappa shape index (κ1) is 12.0. The van der Waals surface area contributed by atoms with Crippen LogP contribution < -0.4 is 5.32 Å². The largest absolute Gasteiger partial charge is 0.345 e. The molecule has 2 amide bonds. The van der Waals surface area contributed by atoms with E-state index in [9.17, 15) is 9.59 Å². The summed E-state index contributed by atoms with van der Waals surface area (Å²) < 4.78 is 0. The van der Waals surface area contributed by atoms with Gasteiger partial charge in [0, 0.05) is 6.04 Å². The molecule has 0 bridgehead atoms. The summed E-state index contributed by atoms with van der Waals surface area (Å²) in [7, 11) is 0. The second kappa shape index (κ2) is 4.21. The average molecular weight is 212 g/mol. The first-order valence-electron chi connectivity index (χ1n) is 5.55. The Morgan fingerprint density at radius 3 is 2.33 bits per heavy atom. The summed E-state index contributed by atoms with van der Waals surface area (Å²) >= 11 is 0. The van der Waals surface area contributed by atoms with E-state index in [1.165, 1.54) is 0 Å². The lowest BCUT2D eigenvalue weighted by Gasteiger charge is -2.45. The van der Waals surface area contributed by atoms with Gasteiger partial charge in [-0.05, 0) is 26.7 Å². The van der Waals surface area contributed by atoms with Crippen molar-refractivity contribution in [3.8, 4) is 0 Å². The van der Waals surface area contributed by atoms with Crippen molar-refractivity contribution in [1.82, 2.24) is 10.2 Å². The number of nitrogens with zero attached hydrogens (tertiary/aromatic N) is 1. The molecule has 1 rings (SSSR count). The highest BCUT2D eigenvalue weighted by atomic mass is 16.2. The second-order valence-corrected chi connectivity index (χ2v) is 4.48. The predicted molar refractivity (Wildman–Crippen MR) is 58.3 cm³/mol. The van der Waals surface area contributed by atoms with Gasteiger partial charge in [-0.1, -0.05) is 13.8 Å². The van der Waals surface area contributed by atoms with Gasteiger partial charge in [0.1, 0.15) is 5.54 Å². The summed E-state index contributed by atoms with van der Waals surface area (Å²) in [6.07, 6.45) is 1.78. The Labute approximate surface area is 91.0 Å². The van der Waals surface area contributed by atoms with Crippen molar-refractivity contribution in [1.29, 1.82) is 0 Å². The number of carbonyl (C=O) groups excluding carboxylic acids is 2. The summed E-state index contributed by atoms with van der Waals surface area (Å²) in [5.74, 6) is -0.0395. The minimum atomic E-state index is -0.716. The molecule has 1 N–H and O–H groups in total. The molecule has 0 unspecified atom stereocenters. The molecule has 0 aliphatic carbocycles. The van der Waals surface area contributed by atoms with E-state index in [0.717, 1.165) is 12.8 Å². The van der Waals surface area contributed by atoms with Crippen LogP contribution in [-0.2, 0) is 9.59 Å². The molecule has 1 fully saturated rings. The molecular formula is C11H20N2O2. The van der Waals surface area contributed by atoms with Gasteiger partial charge < -0.3 is 10.2 Å². The Morgan fingerprint density at radius 1 is 1.33 bits per heavy atom. The van der Waals surface area contributed by atoms with E-state index >= 15 is 0 Å². The van der Waals surface area contributed by atoms with Crippen LogP contribution in [0.1, 0.15) is 40.5 Å². The van der Waals surface area contributed by atoms with Crippen molar-refractivity contribution in [3.05, 3.63) is 0 Å². The molecule has 0 aromatic rings. The van der Waals surface area contributed by atoms with E-state index in [4.69, 9.17) is 0 Å². The Kier molecular flexibility index (Phi) is 3.37. The van der Waals surface area contributed by atoms with Gasteiger partial charge in [-0.25, -0.2) is 0 Å². The maximum Gasteiger partial charge on any atom is 0.245 e. The van der Waals surface area contributed by atoms with Gasteiger partial charge in [0.05, 0.1) is 6.54 Å². The summed E-state index contributed by atoms with van der Waals surface area (Å²) in [5, 5.41) is 2.62. The summed E-state index contributed by atoms with van der Waals surface area (Å²) in [4.78, 5) is 25.3. The van der Waals surface area contributed by atoms with Crippen LogP contribution in [0.25, 0.3) is 0 Å². The monoisotopic (exact) mass is 212 g/mol. The van der Waals surface area contributed by atoms with Crippen molar-refractivity contribution in [2.45, 2.75) is 52.1 Å². The number of carbonyl (C=O) groups is 2. The van der Waals surface area contributed by atoms with Crippen LogP contribution in [0.4, 0.5) is 0 Å². The molecule has 1 aliphatic heterocycles. The van der Waals surface area contributed by atoms with E-state index in [1.54, 1.807) is 18.7 Å². The van der Waals surface area contributed by atoms with Gasteiger partial charge in [-0.2, -0.15) is 0 Å². The lowest BCUT2D eigenvalue weighted by Crippen LogP contribution is -2.66. The highest BCUT2D eigenvalue weighted by Gasteiger charge is 2.43. The zero-order valence-electron chi connectivity index (χ0n) is 9.96. The van der Waals surface area contributed by atoms with Crippen LogP contribution in [-0.4, -0.2) is 34.8 Å². The third-order valence-corrected chi connectivity index (χ3v) is 3.13. The van der Waals surface area contributed by atoms with Gasteiger partial charge >= 0.3 is 0 Å². The topological polar surface area (TPSA) is 49.4 Å². The SMILES string of the molecule is CCC(CC)N1C(=O)CNC(=O)C1(C)C. The molecule has 4 heteroatoms. The van der Waals surface area contributed by atoms with E-state index in [-0.39, 0.29) is 24.4 Å². The molecule has 0 aromatic heterocycles. The molecule has 0 spiro atoms. The molecule has 0 saturated carbocycles. The van der Waals surface area contributed by atoms with Crippen molar-refractivity contribution >= 4 is 11.8 Å². The molecule has 0 aromatic carbocycles. The molecular weight excluding hydrogens is 192 g/mol. The van der Waals surface area contributed by atoms with E-state index < -0.39 is 5.54 Å². The molecule has 0 atom stereocenters. The Bertz CT molecular complexity index is 270. The van der Waals surface area contributed by atoms with Crippen molar-refractivity contribution in [2.24, 2.45) is 0 Å². The van der Waals surface area contributed by atoms with Crippen molar-refractivity contribution < 1.29 is 9.59 Å². The van der Waals surface area contributed by atoms with Crippen LogP contribution in [0.3, 0.4) is 0 Å². The summed E-state index contributed by atoms with van der Waals surface area (Å²) in [6, 6.07) is 0.165. The van der Waals surface area contributed by atoms with Crippen LogP contribution in [0.2, 0.25) is 0 Å². The van der Waals surface area contributed by atoms with Crippen molar-refractivity contribution in [3.63, 3.8) is 0 Å². The molecule has 4 nitrogen and oxygen atoms in total. The molecule has 0 radical (unpaired) electrons. The van der Waals surface area contributed by atoms with Crippen LogP contribution in [0, 0.1) is 0 Å². The zero-order chi connectivity index (χ0) is 11.6. The number of nitrogens with one attached hydrogen (secondary N) is 1. The van der Waals surface area contributed by atoms with E-state index in [2.05, 4.69) is 5.32 Å². The Morgan fingerprint density at radius 2 is 1.87 bits per heavy atom. The Hall–Kier alpha value is -1.06. The molecule has 1 saturated heterocycles. The first-order valence-corrected chi connectivity index (χ1v) is 5.55. The van der Waals surface area contributed by atoms with Crippen LogP contribution >= 0.6 is 0 Å². The third-order valence-electron chi connectivity index (χ3n) is 3.13. The lowest BCUT2D eigenvalue weighted by molar-refractivity contribution is -0.155. The van der Waals surface area contributed by atoms with E-state index in [1.807, 2.05) is 13.8 Å². The molecule has 15 heavy (non-hydrogen) atoms. The summed E-state index contributed by atoms with van der Waals surface area (Å²) in [6.45, 7) is 7.84. The number of amides is 2. The first-order chi connectivity index (χ1) is 6.95. The zero-order valence-corrected chi connectivity index (χ0v) is 9.96. The minimum absolute atomic E-state index is 0.0216. The smallest absolute Gasteiger partial charge is 0.245 e. The van der Waals surface area contributed by atoms with Crippen molar-refractivity contribution in [2.75, 3.05) is 6.54 Å². The maximum absolute atomic E-state index is 11.8. The minimum Gasteiger partial charge on any atom is -0.345 e. The quantitative estimate of drug-likeness (QED) is 0.756. The fraction of sp³-hybridized carbons (Fsp3) is 0.818. The van der Waals surface area contributed by atoms with Gasteiger partial charge in [0.15, 0.2) is 0 Å². The fourth-order valence-corrected chi connectivity index (χ4v) is 2.19. The van der Waals surface area contributed by atoms with Gasteiger partial charge in [-0.3, -0.25) is 9.59 Å². The molecule has 1 aliphatic rings. The van der Waals surface area contributed by atoms with Crippen LogP contribution in [0.5, 0.6) is 0 Å². The average Bonchev–Trinajstić information content (AvgIpc) is 2.19. The standard InChI is InChI=1S/C11H20N2O2/c1-5-8(6-2)13-9(14)7-12-10(15)11(13,3)4/h8H,5-7H2,1-4H3,(H,12,15). The highest BCUT2D eigenvalue weighted by molar-refractivity contribution is 5.97. The third kappa shape index (κ3) is 1.98. The fourth-order valence-electron chi connectivity index (χ4n) is 2.19. The lowest BCUT2D eigenvalue weighted by atomic mass is 9.94. The van der Waals surface area contributed by atoms with E-state index in [0.29, 0.717) is 0 Å². The highest BCUT2D eigenvalue weighted by Crippen LogP contribution is 2.24. The second-order valence-electron chi connectivity index (χ2n) is 4.48. The number of hydrogen-bond acceptors (Lipinski definition) is 2. The number of piperazine rings is 1. The van der Waals surface area contributed by atoms with Gasteiger partial charge in [-0.15, -0.1) is 0 Å². The van der Waals surface area contributed by atoms with Gasteiger partial charge in [0.2, 0.25) is 11.8 Å². The van der Waals surface area contributed by atoms with Gasteiger partial charge in [0.25, 0.3) is 0 Å².